The van der Waals surface area contributed by atoms with Gasteiger partial charge in [-0.05, 0) is 25.0 Å². The maximum Gasteiger partial charge on any atom is 0.159 e. The van der Waals surface area contributed by atoms with Gasteiger partial charge in [0.25, 0.3) is 0 Å². The molecule has 0 aromatic carbocycles. The second kappa shape index (κ2) is 4.45. The third kappa shape index (κ3) is 2.05. The molecule has 0 amide bonds. The van der Waals surface area contributed by atoms with Gasteiger partial charge in [0.15, 0.2) is 5.65 Å². The molecule has 0 bridgehead atoms. The van der Waals surface area contributed by atoms with Crippen LogP contribution in [-0.2, 0) is 13.6 Å². The van der Waals surface area contributed by atoms with Crippen molar-refractivity contribution in [2.45, 2.75) is 38.3 Å². The monoisotopic (exact) mass is 230 g/mol. The molecule has 4 nitrogen and oxygen atoms in total. The first kappa shape index (κ1) is 10.7. The summed E-state index contributed by atoms with van der Waals surface area (Å²) in [4.78, 5) is 8.97. The standard InChI is InChI=1S/C13H18N4/c1-17-12(9-15-10-5-2-3-6-10)16-11-7-4-8-14-13(11)17/h4,7-8,10,15H,2-3,5-6,9H2,1H3. The van der Waals surface area contributed by atoms with E-state index in [2.05, 4.69) is 19.9 Å². The van der Waals surface area contributed by atoms with Crippen molar-refractivity contribution >= 4 is 11.2 Å². The fraction of sp³-hybridized carbons (Fsp3) is 0.538. The van der Waals surface area contributed by atoms with Crippen LogP contribution in [0.2, 0.25) is 0 Å². The Balaban J connectivity index is 1.78. The van der Waals surface area contributed by atoms with E-state index in [0.29, 0.717) is 6.04 Å². The molecule has 90 valence electrons. The molecule has 0 saturated heterocycles. The number of aryl methyl sites for hydroxylation is 1. The van der Waals surface area contributed by atoms with Gasteiger partial charge in [-0.25, -0.2) is 9.97 Å². The smallest absolute Gasteiger partial charge is 0.159 e. The number of hydrogen-bond donors (Lipinski definition) is 1. The van der Waals surface area contributed by atoms with Gasteiger partial charge >= 0.3 is 0 Å². The molecule has 3 rings (SSSR count). The largest absolute Gasteiger partial charge is 0.315 e. The molecule has 1 saturated carbocycles. The number of nitrogens with one attached hydrogen (secondary N) is 1. The number of nitrogens with zero attached hydrogens (tertiary/aromatic N) is 3. The summed E-state index contributed by atoms with van der Waals surface area (Å²) in [5, 5.41) is 3.59. The van der Waals surface area contributed by atoms with Crippen LogP contribution in [0.25, 0.3) is 11.2 Å². The lowest BCUT2D eigenvalue weighted by atomic mass is 10.2. The van der Waals surface area contributed by atoms with E-state index >= 15 is 0 Å². The average molecular weight is 230 g/mol. The molecule has 2 aromatic heterocycles. The molecule has 1 fully saturated rings. The summed E-state index contributed by atoms with van der Waals surface area (Å²) in [6, 6.07) is 4.63. The Kier molecular flexibility index (Phi) is 2.81. The molecule has 1 aliphatic rings. The van der Waals surface area contributed by atoms with Gasteiger partial charge in [-0.2, -0.15) is 0 Å². The molecule has 0 aliphatic heterocycles. The molecular weight excluding hydrogens is 212 g/mol. The maximum absolute atomic E-state index is 4.61. The lowest BCUT2D eigenvalue weighted by Gasteiger charge is -2.11. The zero-order chi connectivity index (χ0) is 11.7. The molecule has 1 aliphatic carbocycles. The van der Waals surface area contributed by atoms with E-state index in [-0.39, 0.29) is 0 Å². The van der Waals surface area contributed by atoms with Gasteiger partial charge in [-0.15, -0.1) is 0 Å². The SMILES string of the molecule is Cn1c(CNC2CCCC2)nc2cccnc21. The molecule has 4 heteroatoms. The fourth-order valence-electron chi connectivity index (χ4n) is 2.59. The lowest BCUT2D eigenvalue weighted by molar-refractivity contribution is 0.508. The van der Waals surface area contributed by atoms with Crippen LogP contribution in [-0.4, -0.2) is 20.6 Å². The minimum absolute atomic E-state index is 0.683. The van der Waals surface area contributed by atoms with Crippen LogP contribution in [0.4, 0.5) is 0 Å². The van der Waals surface area contributed by atoms with Crippen LogP contribution in [0, 0.1) is 0 Å². The summed E-state index contributed by atoms with van der Waals surface area (Å²) in [7, 11) is 2.04. The van der Waals surface area contributed by atoms with E-state index < -0.39 is 0 Å². The van der Waals surface area contributed by atoms with Gasteiger partial charge in [0, 0.05) is 19.3 Å². The van der Waals surface area contributed by atoms with Crippen molar-refractivity contribution < 1.29 is 0 Å². The number of fused-ring (bicyclic) bond motifs is 1. The quantitative estimate of drug-likeness (QED) is 0.877. The van der Waals surface area contributed by atoms with Crippen LogP contribution in [0.3, 0.4) is 0 Å². The Bertz CT molecular complexity index is 511. The van der Waals surface area contributed by atoms with Gasteiger partial charge in [0.1, 0.15) is 11.3 Å². The molecule has 0 spiro atoms. The van der Waals surface area contributed by atoms with Crippen molar-refractivity contribution in [1.82, 2.24) is 19.9 Å². The van der Waals surface area contributed by atoms with Crippen molar-refractivity contribution in [2.24, 2.45) is 7.05 Å². The molecule has 0 unspecified atom stereocenters. The zero-order valence-corrected chi connectivity index (χ0v) is 10.2. The Morgan fingerprint density at radius 2 is 2.24 bits per heavy atom. The second-order valence-electron chi connectivity index (χ2n) is 4.80. The fourth-order valence-corrected chi connectivity index (χ4v) is 2.59. The number of hydrogen-bond acceptors (Lipinski definition) is 3. The highest BCUT2D eigenvalue weighted by atomic mass is 15.1. The van der Waals surface area contributed by atoms with Crippen molar-refractivity contribution in [3.63, 3.8) is 0 Å². The van der Waals surface area contributed by atoms with Crippen LogP contribution in [0.15, 0.2) is 18.3 Å². The van der Waals surface area contributed by atoms with Gasteiger partial charge in [-0.1, -0.05) is 12.8 Å². The second-order valence-corrected chi connectivity index (χ2v) is 4.80. The van der Waals surface area contributed by atoms with Crippen LogP contribution >= 0.6 is 0 Å². The van der Waals surface area contributed by atoms with E-state index in [1.165, 1.54) is 25.7 Å². The van der Waals surface area contributed by atoms with Crippen LogP contribution < -0.4 is 5.32 Å². The third-order valence-electron chi connectivity index (χ3n) is 3.62. The van der Waals surface area contributed by atoms with Gasteiger partial charge in [0.05, 0.1) is 6.54 Å². The highest BCUT2D eigenvalue weighted by Crippen LogP contribution is 2.18. The van der Waals surface area contributed by atoms with Gasteiger partial charge < -0.3 is 9.88 Å². The molecule has 2 heterocycles. The Morgan fingerprint density at radius 1 is 1.41 bits per heavy atom. The number of rotatable bonds is 3. The normalized spacial score (nSPS) is 17.0. The first-order valence-corrected chi connectivity index (χ1v) is 6.34. The number of pyridine rings is 1. The van der Waals surface area contributed by atoms with E-state index in [1.54, 1.807) is 0 Å². The topological polar surface area (TPSA) is 42.7 Å². The minimum atomic E-state index is 0.683. The molecule has 0 radical (unpaired) electrons. The summed E-state index contributed by atoms with van der Waals surface area (Å²) in [6.07, 6.45) is 7.16. The van der Waals surface area contributed by atoms with Crippen LogP contribution in [0.1, 0.15) is 31.5 Å². The summed E-state index contributed by atoms with van der Waals surface area (Å²) in [6.45, 7) is 0.845. The molecule has 17 heavy (non-hydrogen) atoms. The lowest BCUT2D eigenvalue weighted by Crippen LogP contribution is -2.26. The van der Waals surface area contributed by atoms with Crippen molar-refractivity contribution in [2.75, 3.05) is 0 Å². The maximum atomic E-state index is 4.61. The van der Waals surface area contributed by atoms with Gasteiger partial charge in [-0.3, -0.25) is 0 Å². The third-order valence-corrected chi connectivity index (χ3v) is 3.62. The van der Waals surface area contributed by atoms with Crippen molar-refractivity contribution in [3.05, 3.63) is 24.2 Å². The Hall–Kier alpha value is -1.42. The van der Waals surface area contributed by atoms with Crippen molar-refractivity contribution in [3.8, 4) is 0 Å². The predicted octanol–water partition coefficient (Wildman–Crippen LogP) is 2.00. The zero-order valence-electron chi connectivity index (χ0n) is 10.2. The van der Waals surface area contributed by atoms with E-state index in [9.17, 15) is 0 Å². The molecule has 2 aromatic rings. The summed E-state index contributed by atoms with van der Waals surface area (Å²) in [5.74, 6) is 1.07. The summed E-state index contributed by atoms with van der Waals surface area (Å²) in [5.41, 5.74) is 1.95. The van der Waals surface area contributed by atoms with E-state index in [4.69, 9.17) is 0 Å². The highest BCUT2D eigenvalue weighted by molar-refractivity contribution is 5.70. The summed E-state index contributed by atoms with van der Waals surface area (Å²) < 4.78 is 2.08. The first-order chi connectivity index (χ1) is 8.34. The van der Waals surface area contributed by atoms with Crippen LogP contribution in [0.5, 0.6) is 0 Å². The van der Waals surface area contributed by atoms with E-state index in [0.717, 1.165) is 23.5 Å². The highest BCUT2D eigenvalue weighted by Gasteiger charge is 2.15. The molecule has 0 atom stereocenters. The van der Waals surface area contributed by atoms with Gasteiger partial charge in [0.2, 0.25) is 0 Å². The number of aromatic nitrogens is 3. The number of imidazole rings is 1. The minimum Gasteiger partial charge on any atom is -0.315 e. The van der Waals surface area contributed by atoms with E-state index in [1.807, 2.05) is 25.4 Å². The summed E-state index contributed by atoms with van der Waals surface area (Å²) >= 11 is 0. The Labute approximate surface area is 101 Å². The average Bonchev–Trinajstić information content (AvgIpc) is 2.96. The first-order valence-electron chi connectivity index (χ1n) is 6.34. The predicted molar refractivity (Wildman–Crippen MR) is 67.6 cm³/mol. The van der Waals surface area contributed by atoms with Crippen molar-refractivity contribution in [1.29, 1.82) is 0 Å². The molecular formula is C13H18N4. The Morgan fingerprint density at radius 3 is 3.00 bits per heavy atom. The molecule has 1 N–H and O–H groups in total.